The Hall–Kier alpha value is -0.590. The number of ether oxygens (including phenoxy) is 2. The molecule has 0 radical (unpaired) electrons. The molecule has 3 saturated carbocycles. The van der Waals surface area contributed by atoms with Crippen LogP contribution in [0.3, 0.4) is 0 Å². The molecule has 6 heteroatoms. The Morgan fingerprint density at radius 1 is 1.16 bits per heavy atom. The predicted molar refractivity (Wildman–Crippen MR) is 122 cm³/mol. The number of aliphatic hydroxyl groups is 1. The molecule has 0 aromatic carbocycles. The second kappa shape index (κ2) is 9.34. The lowest BCUT2D eigenvalue weighted by Gasteiger charge is -2.61. The first-order valence-corrected chi connectivity index (χ1v) is 13.4. The van der Waals surface area contributed by atoms with E-state index in [1.165, 1.54) is 13.3 Å². The minimum atomic E-state index is -0.275. The number of thioether (sulfide) groups is 1. The molecule has 3 aliphatic carbocycles. The molecule has 0 spiro atoms. The number of rotatable bonds is 7. The molecule has 0 bridgehead atoms. The number of aldehydes is 1. The van der Waals surface area contributed by atoms with E-state index in [9.17, 15) is 14.7 Å². The van der Waals surface area contributed by atoms with E-state index in [0.717, 1.165) is 63.6 Å². The summed E-state index contributed by atoms with van der Waals surface area (Å²) < 4.78 is 11.9. The molecular formula is C25H40O5S. The van der Waals surface area contributed by atoms with Crippen LogP contribution in [0, 0.1) is 28.6 Å². The van der Waals surface area contributed by atoms with Gasteiger partial charge >= 0.3 is 5.97 Å². The summed E-state index contributed by atoms with van der Waals surface area (Å²) in [5.41, 5.74) is 0.242. The summed E-state index contributed by atoms with van der Waals surface area (Å²) in [6.07, 6.45) is 9.86. The summed E-state index contributed by atoms with van der Waals surface area (Å²) in [6.45, 7) is 7.02. The molecule has 5 nitrogen and oxygen atoms in total. The van der Waals surface area contributed by atoms with Gasteiger partial charge in [-0.3, -0.25) is 4.79 Å². The lowest BCUT2D eigenvalue weighted by Crippen LogP contribution is -2.60. The average molecular weight is 453 g/mol. The van der Waals surface area contributed by atoms with Crippen LogP contribution in [-0.4, -0.2) is 53.3 Å². The molecule has 1 saturated heterocycles. The quantitative estimate of drug-likeness (QED) is 0.351. The van der Waals surface area contributed by atoms with Crippen molar-refractivity contribution in [2.24, 2.45) is 28.6 Å². The molecule has 0 amide bonds. The topological polar surface area (TPSA) is 72.8 Å². The average Bonchev–Trinajstić information content (AvgIpc) is 3.04. The molecule has 1 N–H and O–H groups in total. The van der Waals surface area contributed by atoms with Gasteiger partial charge in [0.25, 0.3) is 0 Å². The highest BCUT2D eigenvalue weighted by Crippen LogP contribution is 2.66. The number of unbranched alkanes of at least 4 members (excludes halogenated alkanes) is 2. The van der Waals surface area contributed by atoms with Crippen LogP contribution in [0.15, 0.2) is 0 Å². The van der Waals surface area contributed by atoms with Gasteiger partial charge in [0.05, 0.1) is 12.2 Å². The molecule has 4 fully saturated rings. The summed E-state index contributed by atoms with van der Waals surface area (Å²) in [4.78, 5) is 22.1. The predicted octanol–water partition coefficient (Wildman–Crippen LogP) is 4.39. The van der Waals surface area contributed by atoms with Crippen molar-refractivity contribution in [2.45, 2.75) is 102 Å². The molecule has 176 valence electrons. The van der Waals surface area contributed by atoms with Crippen molar-refractivity contribution in [2.75, 3.05) is 12.4 Å². The molecule has 9 atom stereocenters. The maximum absolute atomic E-state index is 11.7. The first kappa shape index (κ1) is 23.6. The van der Waals surface area contributed by atoms with Crippen LogP contribution in [0.4, 0.5) is 0 Å². The molecule has 4 aliphatic rings. The first-order chi connectivity index (χ1) is 14.8. The standard InChI is InChI=1S/C25H40O5S/c1-16(27)30-21-15-31-23-22-19(8-10-25(21,23)3)24(2)9-7-18(13-17(24)14-20(22)28)29-12-6-4-5-11-26/h11,17-23,28H,4-10,12-15H2,1-3H3/t17?,18-,19?,20?,21-,22?,23?,24-,25+/m0/s1. The first-order valence-electron chi connectivity index (χ1n) is 12.3. The minimum absolute atomic E-state index is 0.0243. The number of fused-ring (bicyclic) bond motifs is 5. The van der Waals surface area contributed by atoms with Gasteiger partial charge in [-0.25, -0.2) is 0 Å². The van der Waals surface area contributed by atoms with E-state index in [4.69, 9.17) is 9.47 Å². The fourth-order valence-corrected chi connectivity index (χ4v) is 9.58. The molecule has 4 rings (SSSR count). The van der Waals surface area contributed by atoms with Crippen molar-refractivity contribution in [3.63, 3.8) is 0 Å². The molecular weight excluding hydrogens is 412 g/mol. The van der Waals surface area contributed by atoms with Crippen molar-refractivity contribution < 1.29 is 24.2 Å². The van der Waals surface area contributed by atoms with Crippen molar-refractivity contribution >= 4 is 24.0 Å². The molecule has 31 heavy (non-hydrogen) atoms. The Labute approximate surface area is 191 Å². The highest BCUT2D eigenvalue weighted by molar-refractivity contribution is 8.00. The van der Waals surface area contributed by atoms with E-state index < -0.39 is 0 Å². The summed E-state index contributed by atoms with van der Waals surface area (Å²) in [6, 6.07) is 0. The second-order valence-corrected chi connectivity index (χ2v) is 12.2. The van der Waals surface area contributed by atoms with Crippen LogP contribution >= 0.6 is 11.8 Å². The van der Waals surface area contributed by atoms with Gasteiger partial charge < -0.3 is 19.4 Å². The van der Waals surface area contributed by atoms with Crippen LogP contribution in [0.2, 0.25) is 0 Å². The number of carbonyl (C=O) groups is 2. The van der Waals surface area contributed by atoms with Crippen LogP contribution in [0.5, 0.6) is 0 Å². The Morgan fingerprint density at radius 2 is 1.94 bits per heavy atom. The van der Waals surface area contributed by atoms with Crippen LogP contribution < -0.4 is 0 Å². The highest BCUT2D eigenvalue weighted by Gasteiger charge is 2.63. The van der Waals surface area contributed by atoms with Gasteiger partial charge in [-0.05, 0) is 68.6 Å². The summed E-state index contributed by atoms with van der Waals surface area (Å²) in [5, 5.41) is 11.7. The van der Waals surface area contributed by atoms with E-state index in [1.807, 2.05) is 11.8 Å². The highest BCUT2D eigenvalue weighted by atomic mass is 32.2. The van der Waals surface area contributed by atoms with E-state index in [-0.39, 0.29) is 29.0 Å². The number of hydrogen-bond acceptors (Lipinski definition) is 6. The Kier molecular flexibility index (Phi) is 7.10. The van der Waals surface area contributed by atoms with E-state index in [2.05, 4.69) is 13.8 Å². The lowest BCUT2D eigenvalue weighted by molar-refractivity contribution is -0.169. The zero-order valence-electron chi connectivity index (χ0n) is 19.4. The maximum atomic E-state index is 11.7. The number of esters is 1. The Balaban J connectivity index is 1.42. The third kappa shape index (κ3) is 4.33. The van der Waals surface area contributed by atoms with Crippen LogP contribution in [0.1, 0.15) is 78.6 Å². The third-order valence-corrected chi connectivity index (χ3v) is 11.0. The van der Waals surface area contributed by atoms with Gasteiger partial charge in [-0.1, -0.05) is 13.8 Å². The number of aliphatic hydroxyl groups excluding tert-OH is 1. The van der Waals surface area contributed by atoms with Gasteiger partial charge in [-0.15, -0.1) is 0 Å². The van der Waals surface area contributed by atoms with Crippen molar-refractivity contribution in [1.29, 1.82) is 0 Å². The summed E-state index contributed by atoms with van der Waals surface area (Å²) in [7, 11) is 0. The number of hydrogen-bond donors (Lipinski definition) is 1. The molecule has 0 aromatic rings. The third-order valence-electron chi connectivity index (χ3n) is 9.30. The SMILES string of the molecule is CC(=O)O[C@H]1CSC2C3C(O)CC4C[C@@H](OCCCCC=O)CC[C@]4(C)C3CC[C@@]21C. The van der Waals surface area contributed by atoms with Gasteiger partial charge in [-0.2, -0.15) is 11.8 Å². The normalized spacial score (nSPS) is 46.5. The van der Waals surface area contributed by atoms with Crippen molar-refractivity contribution in [3.05, 3.63) is 0 Å². The Morgan fingerprint density at radius 3 is 2.68 bits per heavy atom. The zero-order chi connectivity index (χ0) is 22.2. The van der Waals surface area contributed by atoms with E-state index in [1.54, 1.807) is 0 Å². The zero-order valence-corrected chi connectivity index (χ0v) is 20.2. The van der Waals surface area contributed by atoms with Crippen LogP contribution in [-0.2, 0) is 19.1 Å². The lowest BCUT2D eigenvalue weighted by atomic mass is 9.46. The van der Waals surface area contributed by atoms with Crippen molar-refractivity contribution in [1.82, 2.24) is 0 Å². The number of carbonyl (C=O) groups excluding carboxylic acids is 2. The smallest absolute Gasteiger partial charge is 0.302 e. The van der Waals surface area contributed by atoms with E-state index >= 15 is 0 Å². The monoisotopic (exact) mass is 452 g/mol. The maximum Gasteiger partial charge on any atom is 0.302 e. The fraction of sp³-hybridized carbons (Fsp3) is 0.920. The minimum Gasteiger partial charge on any atom is -0.461 e. The van der Waals surface area contributed by atoms with Gasteiger partial charge in [0.15, 0.2) is 0 Å². The fourth-order valence-electron chi connectivity index (χ4n) is 7.50. The van der Waals surface area contributed by atoms with Gasteiger partial charge in [0.2, 0.25) is 0 Å². The molecule has 1 heterocycles. The Bertz CT molecular complexity index is 670. The van der Waals surface area contributed by atoms with E-state index in [0.29, 0.717) is 35.5 Å². The summed E-state index contributed by atoms with van der Waals surface area (Å²) >= 11 is 1.93. The second-order valence-electron chi connectivity index (χ2n) is 11.0. The molecule has 5 unspecified atom stereocenters. The van der Waals surface area contributed by atoms with Crippen molar-refractivity contribution in [3.8, 4) is 0 Å². The van der Waals surface area contributed by atoms with Gasteiger partial charge in [0.1, 0.15) is 12.4 Å². The largest absolute Gasteiger partial charge is 0.461 e. The molecule has 0 aromatic heterocycles. The van der Waals surface area contributed by atoms with Crippen LogP contribution in [0.25, 0.3) is 0 Å². The van der Waals surface area contributed by atoms with Gasteiger partial charge in [0, 0.05) is 42.3 Å². The summed E-state index contributed by atoms with van der Waals surface area (Å²) in [5.74, 6) is 2.02. The molecule has 1 aliphatic heterocycles.